The molecule has 15 heavy (non-hydrogen) atoms. The summed E-state index contributed by atoms with van der Waals surface area (Å²) in [4.78, 5) is 2.57. The number of ether oxygens (including phenoxy) is 1. The average molecular weight is 214 g/mol. The van der Waals surface area contributed by atoms with Crippen molar-refractivity contribution in [3.63, 3.8) is 0 Å². The Kier molecular flexibility index (Phi) is 5.58. The summed E-state index contributed by atoms with van der Waals surface area (Å²) in [6, 6.07) is 1.38. The standard InChI is InChI=1S/C12H26N2O/c1-4-11(9-15-3)14-8-6-5-7-12(14)10(2)13/h10-12H,4-9,13H2,1-3H3. The zero-order valence-corrected chi connectivity index (χ0v) is 10.4. The Balaban J connectivity index is 2.60. The third-order valence-corrected chi connectivity index (χ3v) is 3.50. The molecule has 1 heterocycles. The zero-order valence-electron chi connectivity index (χ0n) is 10.4. The quantitative estimate of drug-likeness (QED) is 0.755. The van der Waals surface area contributed by atoms with E-state index in [2.05, 4.69) is 18.7 Å². The summed E-state index contributed by atoms with van der Waals surface area (Å²) in [5.74, 6) is 0. The Labute approximate surface area is 94.0 Å². The molecule has 1 aliphatic rings. The largest absolute Gasteiger partial charge is 0.383 e. The zero-order chi connectivity index (χ0) is 11.3. The van der Waals surface area contributed by atoms with E-state index in [1.165, 1.54) is 25.8 Å². The Hall–Kier alpha value is -0.120. The summed E-state index contributed by atoms with van der Waals surface area (Å²) in [5, 5.41) is 0. The van der Waals surface area contributed by atoms with Crippen LogP contribution >= 0.6 is 0 Å². The van der Waals surface area contributed by atoms with Crippen LogP contribution in [0.25, 0.3) is 0 Å². The Morgan fingerprint density at radius 1 is 1.47 bits per heavy atom. The van der Waals surface area contributed by atoms with Gasteiger partial charge in [0, 0.05) is 25.2 Å². The Morgan fingerprint density at radius 3 is 2.73 bits per heavy atom. The van der Waals surface area contributed by atoms with E-state index >= 15 is 0 Å². The van der Waals surface area contributed by atoms with Crippen molar-refractivity contribution in [2.45, 2.75) is 57.7 Å². The molecule has 0 saturated carbocycles. The molecule has 1 fully saturated rings. The van der Waals surface area contributed by atoms with Crippen LogP contribution in [0.1, 0.15) is 39.5 Å². The number of nitrogens with zero attached hydrogens (tertiary/aromatic N) is 1. The molecule has 0 aromatic rings. The van der Waals surface area contributed by atoms with Crippen molar-refractivity contribution < 1.29 is 4.74 Å². The van der Waals surface area contributed by atoms with Crippen molar-refractivity contribution in [1.82, 2.24) is 4.90 Å². The van der Waals surface area contributed by atoms with Crippen molar-refractivity contribution in [2.75, 3.05) is 20.3 Å². The molecule has 3 unspecified atom stereocenters. The van der Waals surface area contributed by atoms with Gasteiger partial charge in [-0.2, -0.15) is 0 Å². The maximum atomic E-state index is 6.06. The average Bonchev–Trinajstić information content (AvgIpc) is 2.26. The van der Waals surface area contributed by atoms with E-state index in [1.807, 2.05) is 0 Å². The van der Waals surface area contributed by atoms with Gasteiger partial charge in [-0.15, -0.1) is 0 Å². The van der Waals surface area contributed by atoms with Gasteiger partial charge in [0.25, 0.3) is 0 Å². The molecule has 1 rings (SSSR count). The van der Waals surface area contributed by atoms with Crippen LogP contribution in [0.15, 0.2) is 0 Å². The van der Waals surface area contributed by atoms with E-state index in [4.69, 9.17) is 10.5 Å². The number of hydrogen-bond acceptors (Lipinski definition) is 3. The number of hydrogen-bond donors (Lipinski definition) is 1. The first-order valence-corrected chi connectivity index (χ1v) is 6.21. The van der Waals surface area contributed by atoms with Crippen molar-refractivity contribution in [2.24, 2.45) is 5.73 Å². The van der Waals surface area contributed by atoms with Gasteiger partial charge < -0.3 is 10.5 Å². The second-order valence-electron chi connectivity index (χ2n) is 4.68. The predicted octanol–water partition coefficient (Wildman–Crippen LogP) is 1.61. The van der Waals surface area contributed by atoms with E-state index in [0.717, 1.165) is 13.0 Å². The number of likely N-dealkylation sites (tertiary alicyclic amines) is 1. The molecule has 1 aliphatic heterocycles. The van der Waals surface area contributed by atoms with E-state index in [0.29, 0.717) is 12.1 Å². The first-order valence-electron chi connectivity index (χ1n) is 6.21. The first-order chi connectivity index (χ1) is 7.20. The maximum absolute atomic E-state index is 6.06. The molecule has 0 aromatic carbocycles. The van der Waals surface area contributed by atoms with Crippen LogP contribution in [0.4, 0.5) is 0 Å². The number of rotatable bonds is 5. The van der Waals surface area contributed by atoms with Crippen LogP contribution in [-0.4, -0.2) is 43.3 Å². The van der Waals surface area contributed by atoms with Crippen molar-refractivity contribution in [1.29, 1.82) is 0 Å². The minimum atomic E-state index is 0.274. The molecule has 3 heteroatoms. The highest BCUT2D eigenvalue weighted by Crippen LogP contribution is 2.22. The maximum Gasteiger partial charge on any atom is 0.0618 e. The molecular formula is C12H26N2O. The van der Waals surface area contributed by atoms with Crippen LogP contribution in [0.3, 0.4) is 0 Å². The smallest absolute Gasteiger partial charge is 0.0618 e. The van der Waals surface area contributed by atoms with Gasteiger partial charge in [0.05, 0.1) is 6.61 Å². The van der Waals surface area contributed by atoms with Crippen molar-refractivity contribution in [3.8, 4) is 0 Å². The fourth-order valence-electron chi connectivity index (χ4n) is 2.64. The highest BCUT2D eigenvalue weighted by molar-refractivity contribution is 4.87. The fraction of sp³-hybridized carbons (Fsp3) is 1.00. The van der Waals surface area contributed by atoms with E-state index < -0.39 is 0 Å². The molecule has 0 aromatic heterocycles. The van der Waals surface area contributed by atoms with Crippen molar-refractivity contribution >= 4 is 0 Å². The minimum absolute atomic E-state index is 0.274. The molecule has 3 atom stereocenters. The van der Waals surface area contributed by atoms with Gasteiger partial charge in [0.15, 0.2) is 0 Å². The van der Waals surface area contributed by atoms with Gasteiger partial charge in [-0.25, -0.2) is 0 Å². The summed E-state index contributed by atoms with van der Waals surface area (Å²) in [7, 11) is 1.79. The van der Waals surface area contributed by atoms with Crippen LogP contribution in [-0.2, 0) is 4.74 Å². The molecule has 0 bridgehead atoms. The SMILES string of the molecule is CCC(COC)N1CCCCC1C(C)N. The highest BCUT2D eigenvalue weighted by Gasteiger charge is 2.29. The monoisotopic (exact) mass is 214 g/mol. The van der Waals surface area contributed by atoms with Crippen LogP contribution in [0.5, 0.6) is 0 Å². The molecule has 0 aliphatic carbocycles. The number of piperidine rings is 1. The van der Waals surface area contributed by atoms with Gasteiger partial charge >= 0.3 is 0 Å². The Bertz CT molecular complexity index is 173. The second kappa shape index (κ2) is 6.46. The molecular weight excluding hydrogens is 188 g/mol. The van der Waals surface area contributed by atoms with Crippen LogP contribution in [0.2, 0.25) is 0 Å². The topological polar surface area (TPSA) is 38.5 Å². The summed E-state index contributed by atoms with van der Waals surface area (Å²) >= 11 is 0. The lowest BCUT2D eigenvalue weighted by molar-refractivity contribution is 0.0310. The normalized spacial score (nSPS) is 27.6. The van der Waals surface area contributed by atoms with Gasteiger partial charge in [0.2, 0.25) is 0 Å². The van der Waals surface area contributed by atoms with Crippen molar-refractivity contribution in [3.05, 3.63) is 0 Å². The lowest BCUT2D eigenvalue weighted by atomic mass is 9.94. The van der Waals surface area contributed by atoms with Gasteiger partial charge in [-0.3, -0.25) is 4.90 Å². The summed E-state index contributed by atoms with van der Waals surface area (Å²) < 4.78 is 5.29. The van der Waals surface area contributed by atoms with E-state index in [-0.39, 0.29) is 6.04 Å². The molecule has 3 nitrogen and oxygen atoms in total. The third kappa shape index (κ3) is 3.44. The van der Waals surface area contributed by atoms with Crippen LogP contribution < -0.4 is 5.73 Å². The second-order valence-corrected chi connectivity index (χ2v) is 4.68. The lowest BCUT2D eigenvalue weighted by Crippen LogP contribution is -2.54. The first kappa shape index (κ1) is 12.9. The lowest BCUT2D eigenvalue weighted by Gasteiger charge is -2.42. The molecule has 90 valence electrons. The van der Waals surface area contributed by atoms with Crippen LogP contribution in [0, 0.1) is 0 Å². The van der Waals surface area contributed by atoms with Gasteiger partial charge in [-0.05, 0) is 32.7 Å². The molecule has 0 radical (unpaired) electrons. The van der Waals surface area contributed by atoms with E-state index in [9.17, 15) is 0 Å². The molecule has 2 N–H and O–H groups in total. The summed E-state index contributed by atoms with van der Waals surface area (Å²) in [6.07, 6.45) is 5.03. The third-order valence-electron chi connectivity index (χ3n) is 3.50. The molecule has 0 amide bonds. The molecule has 0 spiro atoms. The minimum Gasteiger partial charge on any atom is -0.383 e. The van der Waals surface area contributed by atoms with Gasteiger partial charge in [-0.1, -0.05) is 13.3 Å². The molecule has 1 saturated heterocycles. The Morgan fingerprint density at radius 2 is 2.20 bits per heavy atom. The fourth-order valence-corrected chi connectivity index (χ4v) is 2.64. The highest BCUT2D eigenvalue weighted by atomic mass is 16.5. The number of nitrogens with two attached hydrogens (primary N) is 1. The number of methoxy groups -OCH3 is 1. The predicted molar refractivity (Wildman–Crippen MR) is 63.9 cm³/mol. The van der Waals surface area contributed by atoms with Gasteiger partial charge in [0.1, 0.15) is 0 Å². The summed E-state index contributed by atoms with van der Waals surface area (Å²) in [5.41, 5.74) is 6.06. The van der Waals surface area contributed by atoms with E-state index in [1.54, 1.807) is 7.11 Å². The summed E-state index contributed by atoms with van der Waals surface area (Å²) in [6.45, 7) is 6.38.